The number of H-pyrrole nitrogens is 1. The number of carbonyl (C=O) groups excluding carboxylic acids is 2. The van der Waals surface area contributed by atoms with Gasteiger partial charge in [0.15, 0.2) is 0 Å². The Hall–Kier alpha value is -3.12. The van der Waals surface area contributed by atoms with Gasteiger partial charge in [-0.3, -0.25) is 4.79 Å². The molecule has 0 spiro atoms. The number of amides is 1. The predicted molar refractivity (Wildman–Crippen MR) is 99.6 cm³/mol. The van der Waals surface area contributed by atoms with Crippen molar-refractivity contribution in [1.82, 2.24) is 10.3 Å². The molecule has 0 bridgehead atoms. The summed E-state index contributed by atoms with van der Waals surface area (Å²) < 4.78 is 4.66. The lowest BCUT2D eigenvalue weighted by Gasteiger charge is -2.12. The molecule has 1 atom stereocenters. The van der Waals surface area contributed by atoms with Gasteiger partial charge in [0, 0.05) is 23.6 Å². The number of hydrogen-bond donors (Lipinski definition) is 3. The van der Waals surface area contributed by atoms with Crippen molar-refractivity contribution in [3.63, 3.8) is 0 Å². The van der Waals surface area contributed by atoms with Gasteiger partial charge >= 0.3 is 5.97 Å². The molecule has 1 amide bonds. The fourth-order valence-corrected chi connectivity index (χ4v) is 2.83. The van der Waals surface area contributed by atoms with Crippen molar-refractivity contribution in [3.8, 4) is 0 Å². The van der Waals surface area contributed by atoms with E-state index in [0.29, 0.717) is 18.5 Å². The molecule has 3 aromatic rings. The van der Waals surface area contributed by atoms with Crippen molar-refractivity contribution < 1.29 is 14.3 Å². The molecule has 4 N–H and O–H groups in total. The minimum Gasteiger partial charge on any atom is -0.465 e. The Balaban J connectivity index is 1.56. The number of carbonyl (C=O) groups is 2. The lowest BCUT2D eigenvalue weighted by atomic mass is 10.0. The number of aromatic amines is 1. The second kappa shape index (κ2) is 7.84. The van der Waals surface area contributed by atoms with Gasteiger partial charge in [0.25, 0.3) is 0 Å². The van der Waals surface area contributed by atoms with Crippen LogP contribution in [0.25, 0.3) is 10.9 Å². The number of hydrogen-bond acceptors (Lipinski definition) is 4. The Morgan fingerprint density at radius 1 is 1.15 bits per heavy atom. The van der Waals surface area contributed by atoms with E-state index in [0.717, 1.165) is 22.0 Å². The molecular formula is C20H21N3O3. The minimum atomic E-state index is -0.636. The standard InChI is InChI=1S/C20H21N3O3/c1-26-20(25)14-8-6-13(7-9-14)11-23-19(24)17(21)10-15-12-22-18-5-3-2-4-16(15)18/h2-9,12,17,22H,10-11,21H2,1H3,(H,23,24). The molecule has 0 aliphatic carbocycles. The third kappa shape index (κ3) is 3.92. The fourth-order valence-electron chi connectivity index (χ4n) is 2.83. The molecule has 1 aromatic heterocycles. The third-order valence-corrected chi connectivity index (χ3v) is 4.29. The van der Waals surface area contributed by atoms with Crippen LogP contribution in [0.1, 0.15) is 21.5 Å². The van der Waals surface area contributed by atoms with Crippen molar-refractivity contribution >= 4 is 22.8 Å². The smallest absolute Gasteiger partial charge is 0.337 e. The van der Waals surface area contributed by atoms with Gasteiger partial charge in [-0.05, 0) is 35.7 Å². The number of ether oxygens (including phenoxy) is 1. The van der Waals surface area contributed by atoms with Gasteiger partial charge in [-0.25, -0.2) is 4.79 Å². The number of fused-ring (bicyclic) bond motifs is 1. The number of nitrogens with two attached hydrogens (primary N) is 1. The van der Waals surface area contributed by atoms with Crippen LogP contribution in [-0.4, -0.2) is 30.0 Å². The van der Waals surface area contributed by atoms with Gasteiger partial charge in [0.05, 0.1) is 18.7 Å². The quantitative estimate of drug-likeness (QED) is 0.593. The Morgan fingerprint density at radius 2 is 1.88 bits per heavy atom. The van der Waals surface area contributed by atoms with Gasteiger partial charge < -0.3 is 20.8 Å². The Bertz CT molecular complexity index is 915. The second-order valence-corrected chi connectivity index (χ2v) is 6.08. The summed E-state index contributed by atoms with van der Waals surface area (Å²) in [5, 5.41) is 3.91. The molecule has 0 aliphatic rings. The van der Waals surface area contributed by atoms with Crippen molar-refractivity contribution in [1.29, 1.82) is 0 Å². The van der Waals surface area contributed by atoms with Gasteiger partial charge in [-0.2, -0.15) is 0 Å². The lowest BCUT2D eigenvalue weighted by Crippen LogP contribution is -2.41. The van der Waals surface area contributed by atoms with Crippen molar-refractivity contribution in [2.75, 3.05) is 7.11 Å². The molecular weight excluding hydrogens is 330 g/mol. The maximum absolute atomic E-state index is 12.3. The molecule has 6 heteroatoms. The van der Waals surface area contributed by atoms with Gasteiger partial charge in [-0.1, -0.05) is 30.3 Å². The summed E-state index contributed by atoms with van der Waals surface area (Å²) in [6.45, 7) is 0.349. The highest BCUT2D eigenvalue weighted by atomic mass is 16.5. The summed E-state index contributed by atoms with van der Waals surface area (Å²) in [5.41, 5.74) is 9.46. The number of aromatic nitrogens is 1. The number of benzene rings is 2. The van der Waals surface area contributed by atoms with Crippen LogP contribution in [0, 0.1) is 0 Å². The van der Waals surface area contributed by atoms with E-state index in [-0.39, 0.29) is 11.9 Å². The average Bonchev–Trinajstić information content (AvgIpc) is 3.08. The number of para-hydroxylation sites is 1. The number of methoxy groups -OCH3 is 1. The minimum absolute atomic E-state index is 0.215. The maximum atomic E-state index is 12.3. The summed E-state index contributed by atoms with van der Waals surface area (Å²) in [7, 11) is 1.34. The first-order chi connectivity index (χ1) is 12.6. The zero-order chi connectivity index (χ0) is 18.5. The highest BCUT2D eigenvalue weighted by Gasteiger charge is 2.16. The Labute approximate surface area is 151 Å². The van der Waals surface area contributed by atoms with Crippen LogP contribution in [0.3, 0.4) is 0 Å². The molecule has 3 rings (SSSR count). The van der Waals surface area contributed by atoms with Crippen molar-refractivity contribution in [2.24, 2.45) is 5.73 Å². The Kier molecular flexibility index (Phi) is 5.34. The van der Waals surface area contributed by atoms with Crippen LogP contribution < -0.4 is 11.1 Å². The first-order valence-electron chi connectivity index (χ1n) is 8.34. The molecule has 0 aliphatic heterocycles. The average molecular weight is 351 g/mol. The molecule has 0 radical (unpaired) electrons. The van der Waals surface area contributed by atoms with Crippen LogP contribution in [0.4, 0.5) is 0 Å². The lowest BCUT2D eigenvalue weighted by molar-refractivity contribution is -0.122. The Morgan fingerprint density at radius 3 is 2.62 bits per heavy atom. The SMILES string of the molecule is COC(=O)c1ccc(CNC(=O)C(N)Cc2c[nH]c3ccccc23)cc1. The largest absolute Gasteiger partial charge is 0.465 e. The van der Waals surface area contributed by atoms with E-state index in [2.05, 4.69) is 15.0 Å². The monoisotopic (exact) mass is 351 g/mol. The molecule has 0 saturated carbocycles. The van der Waals surface area contributed by atoms with E-state index < -0.39 is 6.04 Å². The molecule has 0 fully saturated rings. The molecule has 2 aromatic carbocycles. The molecule has 134 valence electrons. The van der Waals surface area contributed by atoms with Crippen LogP contribution in [0.5, 0.6) is 0 Å². The predicted octanol–water partition coefficient (Wildman–Crippen LogP) is 2.14. The van der Waals surface area contributed by atoms with Gasteiger partial charge in [0.1, 0.15) is 0 Å². The van der Waals surface area contributed by atoms with Crippen LogP contribution in [-0.2, 0) is 22.5 Å². The number of esters is 1. The number of rotatable bonds is 6. The molecule has 0 saturated heterocycles. The molecule has 1 unspecified atom stereocenters. The summed E-state index contributed by atoms with van der Waals surface area (Å²) >= 11 is 0. The highest BCUT2D eigenvalue weighted by molar-refractivity contribution is 5.89. The van der Waals surface area contributed by atoms with Gasteiger partial charge in [0.2, 0.25) is 5.91 Å². The van der Waals surface area contributed by atoms with Crippen LogP contribution >= 0.6 is 0 Å². The zero-order valence-corrected chi connectivity index (χ0v) is 14.5. The second-order valence-electron chi connectivity index (χ2n) is 6.08. The highest BCUT2D eigenvalue weighted by Crippen LogP contribution is 2.18. The van der Waals surface area contributed by atoms with E-state index in [4.69, 9.17) is 5.73 Å². The maximum Gasteiger partial charge on any atom is 0.337 e. The zero-order valence-electron chi connectivity index (χ0n) is 14.5. The van der Waals surface area contributed by atoms with E-state index in [9.17, 15) is 9.59 Å². The number of nitrogens with one attached hydrogen (secondary N) is 2. The van der Waals surface area contributed by atoms with Crippen molar-refractivity contribution in [3.05, 3.63) is 71.4 Å². The first kappa shape index (κ1) is 17.7. The van der Waals surface area contributed by atoms with Crippen LogP contribution in [0.15, 0.2) is 54.7 Å². The first-order valence-corrected chi connectivity index (χ1v) is 8.34. The van der Waals surface area contributed by atoms with Crippen LogP contribution in [0.2, 0.25) is 0 Å². The topological polar surface area (TPSA) is 97.2 Å². The van der Waals surface area contributed by atoms with E-state index in [1.54, 1.807) is 24.3 Å². The molecule has 6 nitrogen and oxygen atoms in total. The summed E-state index contributed by atoms with van der Waals surface area (Å²) in [6, 6.07) is 14.2. The summed E-state index contributed by atoms with van der Waals surface area (Å²) in [6.07, 6.45) is 2.35. The molecule has 26 heavy (non-hydrogen) atoms. The molecule has 1 heterocycles. The van der Waals surface area contributed by atoms with Gasteiger partial charge in [-0.15, -0.1) is 0 Å². The third-order valence-electron chi connectivity index (χ3n) is 4.29. The van der Waals surface area contributed by atoms with Crippen molar-refractivity contribution in [2.45, 2.75) is 19.0 Å². The normalized spacial score (nSPS) is 11.9. The van der Waals surface area contributed by atoms with E-state index >= 15 is 0 Å². The summed E-state index contributed by atoms with van der Waals surface area (Å²) in [5.74, 6) is -0.603. The summed E-state index contributed by atoms with van der Waals surface area (Å²) in [4.78, 5) is 26.9. The fraction of sp³-hybridized carbons (Fsp3) is 0.200. The van der Waals surface area contributed by atoms with E-state index in [1.165, 1.54) is 7.11 Å². The van der Waals surface area contributed by atoms with E-state index in [1.807, 2.05) is 30.5 Å².